The summed E-state index contributed by atoms with van der Waals surface area (Å²) in [5, 5.41) is 11.4. The molecule has 0 radical (unpaired) electrons. The minimum absolute atomic E-state index is 0.00868. The summed E-state index contributed by atoms with van der Waals surface area (Å²) in [5.74, 6) is 0.652. The predicted molar refractivity (Wildman–Crippen MR) is 60.0 cm³/mol. The highest BCUT2D eigenvalue weighted by Crippen LogP contribution is 2.11. The van der Waals surface area contributed by atoms with E-state index in [1.165, 1.54) is 0 Å². The van der Waals surface area contributed by atoms with Crippen molar-refractivity contribution in [2.45, 2.75) is 13.3 Å². The van der Waals surface area contributed by atoms with Crippen molar-refractivity contribution in [1.82, 2.24) is 5.32 Å². The number of rotatable bonds is 5. The lowest BCUT2D eigenvalue weighted by Gasteiger charge is -2.06. The highest BCUT2D eigenvalue weighted by Gasteiger charge is 1.97. The Labute approximate surface area is 94.8 Å². The Balaban J connectivity index is 2.32. The first-order valence-electron chi connectivity index (χ1n) is 5.16. The van der Waals surface area contributed by atoms with Crippen LogP contribution in [0.25, 0.3) is 0 Å². The van der Waals surface area contributed by atoms with E-state index in [2.05, 4.69) is 5.32 Å². The van der Waals surface area contributed by atoms with E-state index < -0.39 is 0 Å². The third-order valence-electron chi connectivity index (χ3n) is 1.98. The van der Waals surface area contributed by atoms with Gasteiger partial charge in [0, 0.05) is 6.42 Å². The Morgan fingerprint density at radius 2 is 2.38 bits per heavy atom. The van der Waals surface area contributed by atoms with E-state index in [1.807, 2.05) is 6.07 Å². The summed E-state index contributed by atoms with van der Waals surface area (Å²) in [6, 6.07) is 8.96. The number of carbonyl (C=O) groups excluding carboxylic acids is 1. The maximum absolute atomic E-state index is 10.9. The molecule has 0 saturated heterocycles. The molecule has 0 fully saturated rings. The Morgan fingerprint density at radius 3 is 3.06 bits per heavy atom. The zero-order chi connectivity index (χ0) is 11.8. The third kappa shape index (κ3) is 4.01. The van der Waals surface area contributed by atoms with Gasteiger partial charge in [0.25, 0.3) is 0 Å². The van der Waals surface area contributed by atoms with Crippen LogP contribution in [-0.4, -0.2) is 19.1 Å². The van der Waals surface area contributed by atoms with Gasteiger partial charge < -0.3 is 10.1 Å². The lowest BCUT2D eigenvalue weighted by atomic mass is 10.2. The summed E-state index contributed by atoms with van der Waals surface area (Å²) in [4.78, 5) is 10.9. The van der Waals surface area contributed by atoms with Crippen molar-refractivity contribution < 1.29 is 9.53 Å². The van der Waals surface area contributed by atoms with Gasteiger partial charge in [-0.2, -0.15) is 5.26 Å². The Kier molecular flexibility index (Phi) is 4.87. The minimum Gasteiger partial charge on any atom is -0.492 e. The SMILES string of the molecule is CCC(=O)NCCOc1cccc(C#N)c1. The number of amides is 1. The van der Waals surface area contributed by atoms with E-state index in [-0.39, 0.29) is 5.91 Å². The molecule has 0 heterocycles. The van der Waals surface area contributed by atoms with Gasteiger partial charge in [0.05, 0.1) is 18.2 Å². The topological polar surface area (TPSA) is 62.1 Å². The molecule has 0 unspecified atom stereocenters. The minimum atomic E-state index is 0.00868. The largest absolute Gasteiger partial charge is 0.492 e. The fraction of sp³-hybridized carbons (Fsp3) is 0.333. The second kappa shape index (κ2) is 6.46. The van der Waals surface area contributed by atoms with Gasteiger partial charge in [0.15, 0.2) is 0 Å². The molecular weight excluding hydrogens is 204 g/mol. The fourth-order valence-corrected chi connectivity index (χ4v) is 1.14. The van der Waals surface area contributed by atoms with E-state index in [0.717, 1.165) is 0 Å². The molecule has 1 aromatic carbocycles. The molecule has 84 valence electrons. The summed E-state index contributed by atoms with van der Waals surface area (Å²) in [6.07, 6.45) is 0.476. The Hall–Kier alpha value is -2.02. The highest BCUT2D eigenvalue weighted by molar-refractivity contribution is 5.75. The number of nitrogens with one attached hydrogen (secondary N) is 1. The van der Waals surface area contributed by atoms with E-state index in [1.54, 1.807) is 31.2 Å². The molecule has 1 amide bonds. The van der Waals surface area contributed by atoms with Crippen LogP contribution in [0.3, 0.4) is 0 Å². The number of ether oxygens (including phenoxy) is 1. The monoisotopic (exact) mass is 218 g/mol. The molecule has 4 heteroatoms. The van der Waals surface area contributed by atoms with Crippen LogP contribution >= 0.6 is 0 Å². The molecule has 1 rings (SSSR count). The number of hydrogen-bond donors (Lipinski definition) is 1. The second-order valence-corrected chi connectivity index (χ2v) is 3.19. The van der Waals surface area contributed by atoms with Gasteiger partial charge in [-0.1, -0.05) is 13.0 Å². The van der Waals surface area contributed by atoms with Crippen LogP contribution < -0.4 is 10.1 Å². The smallest absolute Gasteiger partial charge is 0.219 e. The van der Waals surface area contributed by atoms with Crippen molar-refractivity contribution in [3.8, 4) is 11.8 Å². The average Bonchev–Trinajstić information content (AvgIpc) is 2.34. The summed E-state index contributed by atoms with van der Waals surface area (Å²) < 4.78 is 5.38. The highest BCUT2D eigenvalue weighted by atomic mass is 16.5. The molecule has 4 nitrogen and oxygen atoms in total. The van der Waals surface area contributed by atoms with Crippen LogP contribution in [0.1, 0.15) is 18.9 Å². The first-order chi connectivity index (χ1) is 7.76. The van der Waals surface area contributed by atoms with E-state index in [0.29, 0.717) is 30.9 Å². The summed E-state index contributed by atoms with van der Waals surface area (Å²) in [7, 11) is 0. The average molecular weight is 218 g/mol. The van der Waals surface area contributed by atoms with Crippen molar-refractivity contribution in [1.29, 1.82) is 5.26 Å². The first-order valence-corrected chi connectivity index (χ1v) is 5.16. The normalized spacial score (nSPS) is 9.25. The van der Waals surface area contributed by atoms with Crippen molar-refractivity contribution in [2.75, 3.05) is 13.2 Å². The number of carbonyl (C=O) groups is 1. The van der Waals surface area contributed by atoms with Crippen LogP contribution in [0.15, 0.2) is 24.3 Å². The number of benzene rings is 1. The standard InChI is InChI=1S/C12H14N2O2/c1-2-12(15)14-6-7-16-11-5-3-4-10(8-11)9-13/h3-5,8H,2,6-7H2,1H3,(H,14,15). The van der Waals surface area contributed by atoms with E-state index >= 15 is 0 Å². The molecule has 0 saturated carbocycles. The van der Waals surface area contributed by atoms with Gasteiger partial charge >= 0.3 is 0 Å². The molecule has 0 aliphatic carbocycles. The molecule has 0 aliphatic rings. The van der Waals surface area contributed by atoms with Crippen molar-refractivity contribution in [2.24, 2.45) is 0 Å². The van der Waals surface area contributed by atoms with Crippen LogP contribution in [0, 0.1) is 11.3 Å². The molecule has 1 aromatic rings. The maximum atomic E-state index is 10.9. The quantitative estimate of drug-likeness (QED) is 0.761. The van der Waals surface area contributed by atoms with Crippen molar-refractivity contribution in [3.63, 3.8) is 0 Å². The summed E-state index contributed by atoms with van der Waals surface area (Å²) in [5.41, 5.74) is 0.565. The van der Waals surface area contributed by atoms with Gasteiger partial charge in [-0.25, -0.2) is 0 Å². The van der Waals surface area contributed by atoms with Gasteiger partial charge in [0.1, 0.15) is 12.4 Å². The van der Waals surface area contributed by atoms with Gasteiger partial charge in [0.2, 0.25) is 5.91 Å². The van der Waals surface area contributed by atoms with Crippen LogP contribution in [0.4, 0.5) is 0 Å². The summed E-state index contributed by atoms with van der Waals surface area (Å²) >= 11 is 0. The van der Waals surface area contributed by atoms with Crippen LogP contribution in [0.5, 0.6) is 5.75 Å². The molecule has 0 bridgehead atoms. The molecule has 16 heavy (non-hydrogen) atoms. The lowest BCUT2D eigenvalue weighted by Crippen LogP contribution is -2.27. The van der Waals surface area contributed by atoms with Gasteiger partial charge in [-0.3, -0.25) is 4.79 Å². The fourth-order valence-electron chi connectivity index (χ4n) is 1.14. The zero-order valence-electron chi connectivity index (χ0n) is 9.19. The van der Waals surface area contributed by atoms with E-state index in [4.69, 9.17) is 10.00 Å². The number of nitriles is 1. The second-order valence-electron chi connectivity index (χ2n) is 3.19. The number of nitrogens with zero attached hydrogens (tertiary/aromatic N) is 1. The summed E-state index contributed by atoms with van der Waals surface area (Å²) in [6.45, 7) is 2.68. The molecule has 0 spiro atoms. The molecule has 1 N–H and O–H groups in total. The molecule has 0 aromatic heterocycles. The molecule has 0 atom stereocenters. The Morgan fingerprint density at radius 1 is 1.56 bits per heavy atom. The van der Waals surface area contributed by atoms with Crippen LogP contribution in [-0.2, 0) is 4.79 Å². The Bertz CT molecular complexity index is 396. The third-order valence-corrected chi connectivity index (χ3v) is 1.98. The first kappa shape index (κ1) is 12.1. The molecular formula is C12H14N2O2. The predicted octanol–water partition coefficient (Wildman–Crippen LogP) is 1.46. The van der Waals surface area contributed by atoms with Gasteiger partial charge in [-0.15, -0.1) is 0 Å². The molecule has 0 aliphatic heterocycles. The zero-order valence-corrected chi connectivity index (χ0v) is 9.19. The maximum Gasteiger partial charge on any atom is 0.219 e. The van der Waals surface area contributed by atoms with Gasteiger partial charge in [-0.05, 0) is 18.2 Å². The lowest BCUT2D eigenvalue weighted by molar-refractivity contribution is -0.120. The van der Waals surface area contributed by atoms with Crippen molar-refractivity contribution in [3.05, 3.63) is 29.8 Å². The van der Waals surface area contributed by atoms with Crippen molar-refractivity contribution >= 4 is 5.91 Å². The number of hydrogen-bond acceptors (Lipinski definition) is 3. The van der Waals surface area contributed by atoms with E-state index in [9.17, 15) is 4.79 Å². The van der Waals surface area contributed by atoms with Crippen LogP contribution in [0.2, 0.25) is 0 Å².